The maximum atomic E-state index is 11.2. The van der Waals surface area contributed by atoms with Crippen LogP contribution in [0.3, 0.4) is 0 Å². The van der Waals surface area contributed by atoms with Crippen LogP contribution in [0.4, 0.5) is 0 Å². The number of rotatable bonds is 6. The van der Waals surface area contributed by atoms with Crippen LogP contribution in [0, 0.1) is 0 Å². The van der Waals surface area contributed by atoms with E-state index in [1.54, 1.807) is 0 Å². The third kappa shape index (κ3) is 4.40. The molecule has 28 heavy (non-hydrogen) atoms. The summed E-state index contributed by atoms with van der Waals surface area (Å²) in [5.74, 6) is 0. The van der Waals surface area contributed by atoms with E-state index < -0.39 is 5.60 Å². The van der Waals surface area contributed by atoms with E-state index in [1.807, 2.05) is 24.4 Å². The summed E-state index contributed by atoms with van der Waals surface area (Å²) in [7, 11) is 0. The van der Waals surface area contributed by atoms with Crippen molar-refractivity contribution in [3.63, 3.8) is 0 Å². The molecule has 2 aromatic heterocycles. The van der Waals surface area contributed by atoms with Crippen molar-refractivity contribution in [3.05, 3.63) is 65.4 Å². The first-order valence-electron chi connectivity index (χ1n) is 10.1. The van der Waals surface area contributed by atoms with E-state index in [0.717, 1.165) is 49.8 Å². The van der Waals surface area contributed by atoms with E-state index in [2.05, 4.69) is 51.7 Å². The van der Waals surface area contributed by atoms with Crippen LogP contribution in [-0.4, -0.2) is 44.3 Å². The van der Waals surface area contributed by atoms with Crippen LogP contribution in [-0.2, 0) is 13.0 Å². The highest BCUT2D eigenvalue weighted by Crippen LogP contribution is 2.28. The number of likely N-dealkylation sites (tertiary alicyclic amines) is 1. The van der Waals surface area contributed by atoms with Crippen LogP contribution < -0.4 is 0 Å². The Kier molecular flexibility index (Phi) is 5.72. The third-order valence-electron chi connectivity index (χ3n) is 6.10. The lowest BCUT2D eigenvalue weighted by molar-refractivity contribution is -0.0411. The van der Waals surface area contributed by atoms with Crippen molar-refractivity contribution in [1.29, 1.82) is 0 Å². The number of hydrogen-bond acceptors (Lipinski definition) is 3. The Balaban J connectivity index is 1.33. The summed E-state index contributed by atoms with van der Waals surface area (Å²) in [4.78, 5) is 6.87. The van der Waals surface area contributed by atoms with Gasteiger partial charge in [-0.2, -0.15) is 0 Å². The van der Waals surface area contributed by atoms with Gasteiger partial charge in [-0.1, -0.05) is 41.9 Å². The molecule has 0 aliphatic carbocycles. The molecular formula is C23H28ClN3O. The molecule has 0 amide bonds. The van der Waals surface area contributed by atoms with Gasteiger partial charge in [0.2, 0.25) is 0 Å². The van der Waals surface area contributed by atoms with Gasteiger partial charge in [0.25, 0.3) is 0 Å². The largest absolute Gasteiger partial charge is 0.388 e. The van der Waals surface area contributed by atoms with Gasteiger partial charge in [-0.25, -0.2) is 4.98 Å². The van der Waals surface area contributed by atoms with Crippen LogP contribution in [0.25, 0.3) is 11.0 Å². The maximum absolute atomic E-state index is 11.2. The van der Waals surface area contributed by atoms with Crippen molar-refractivity contribution in [2.24, 2.45) is 0 Å². The van der Waals surface area contributed by atoms with Gasteiger partial charge in [-0.3, -0.25) is 0 Å². The molecular weight excluding hydrogens is 370 g/mol. The number of halogens is 1. The van der Waals surface area contributed by atoms with Crippen molar-refractivity contribution in [1.82, 2.24) is 14.5 Å². The first kappa shape index (κ1) is 19.4. The molecule has 1 N–H and O–H groups in total. The normalized spacial score (nSPS) is 18.4. The van der Waals surface area contributed by atoms with Crippen molar-refractivity contribution in [2.75, 3.05) is 13.1 Å². The summed E-state index contributed by atoms with van der Waals surface area (Å²) in [5, 5.41) is 11.7. The lowest BCUT2D eigenvalue weighted by Gasteiger charge is -2.41. The number of aryl methyl sites for hydroxylation is 1. The Morgan fingerprint density at radius 3 is 2.61 bits per heavy atom. The summed E-state index contributed by atoms with van der Waals surface area (Å²) in [6.45, 7) is 4.79. The van der Waals surface area contributed by atoms with Gasteiger partial charge in [0, 0.05) is 25.3 Å². The second-order valence-electron chi connectivity index (χ2n) is 8.12. The number of aromatic nitrogens is 2. The molecule has 1 fully saturated rings. The Hall–Kier alpha value is -1.88. The van der Waals surface area contributed by atoms with Gasteiger partial charge in [0.1, 0.15) is 5.15 Å². The average Bonchev–Trinajstić information content (AvgIpc) is 3.08. The number of piperidine rings is 1. The molecule has 0 bridgehead atoms. The standard InChI is InChI=1S/C23H28ClN3O/c1-18(7-8-19-5-3-2-4-6-19)26-15-12-23(28,13-16-26)17-27-14-11-20-21(27)9-10-22(24)25-20/h2-6,9-11,14,18,28H,7-8,12-13,15-17H2,1H3/t18-/m1/s1. The number of pyridine rings is 1. The Bertz CT molecular complexity index is 916. The number of nitrogens with zero attached hydrogens (tertiary/aromatic N) is 3. The molecule has 0 unspecified atom stereocenters. The molecule has 148 valence electrons. The Labute approximate surface area is 171 Å². The molecule has 0 spiro atoms. The van der Waals surface area contributed by atoms with Gasteiger partial charge in [0.15, 0.2) is 0 Å². The highest BCUT2D eigenvalue weighted by atomic mass is 35.5. The molecule has 0 saturated carbocycles. The number of fused-ring (bicyclic) bond motifs is 1. The van der Waals surface area contributed by atoms with Gasteiger partial charge < -0.3 is 14.6 Å². The molecule has 1 aliphatic rings. The second kappa shape index (κ2) is 8.24. The summed E-state index contributed by atoms with van der Waals surface area (Å²) in [6.07, 6.45) is 5.85. The summed E-state index contributed by atoms with van der Waals surface area (Å²) in [5.41, 5.74) is 2.64. The zero-order valence-electron chi connectivity index (χ0n) is 16.4. The van der Waals surface area contributed by atoms with E-state index in [4.69, 9.17) is 11.6 Å². The highest BCUT2D eigenvalue weighted by Gasteiger charge is 2.34. The van der Waals surface area contributed by atoms with Gasteiger partial charge in [-0.15, -0.1) is 0 Å². The van der Waals surface area contributed by atoms with E-state index in [9.17, 15) is 5.11 Å². The second-order valence-corrected chi connectivity index (χ2v) is 8.50. The molecule has 3 heterocycles. The lowest BCUT2D eigenvalue weighted by Crippen LogP contribution is -2.49. The Morgan fingerprint density at radius 2 is 1.86 bits per heavy atom. The quantitative estimate of drug-likeness (QED) is 0.621. The summed E-state index contributed by atoms with van der Waals surface area (Å²) >= 11 is 5.98. The van der Waals surface area contributed by atoms with Crippen molar-refractivity contribution in [3.8, 4) is 0 Å². The van der Waals surface area contributed by atoms with Crippen molar-refractivity contribution >= 4 is 22.6 Å². The van der Waals surface area contributed by atoms with Crippen LogP contribution in [0.5, 0.6) is 0 Å². The van der Waals surface area contributed by atoms with E-state index in [0.29, 0.717) is 17.7 Å². The third-order valence-corrected chi connectivity index (χ3v) is 6.31. The lowest BCUT2D eigenvalue weighted by atomic mass is 9.90. The van der Waals surface area contributed by atoms with Gasteiger partial charge in [-0.05, 0) is 56.4 Å². The predicted octanol–water partition coefficient (Wildman–Crippen LogP) is 4.54. The minimum Gasteiger partial charge on any atom is -0.388 e. The van der Waals surface area contributed by atoms with E-state index in [1.165, 1.54) is 5.56 Å². The first-order chi connectivity index (χ1) is 13.5. The molecule has 1 aromatic carbocycles. The van der Waals surface area contributed by atoms with Crippen LogP contribution >= 0.6 is 11.6 Å². The monoisotopic (exact) mass is 397 g/mol. The fourth-order valence-corrected chi connectivity index (χ4v) is 4.40. The predicted molar refractivity (Wildman–Crippen MR) is 115 cm³/mol. The van der Waals surface area contributed by atoms with E-state index >= 15 is 0 Å². The zero-order valence-corrected chi connectivity index (χ0v) is 17.1. The minimum atomic E-state index is -0.665. The smallest absolute Gasteiger partial charge is 0.129 e. The maximum Gasteiger partial charge on any atom is 0.129 e. The fourth-order valence-electron chi connectivity index (χ4n) is 4.25. The summed E-state index contributed by atoms with van der Waals surface area (Å²) < 4.78 is 2.10. The number of aliphatic hydroxyl groups is 1. The molecule has 4 rings (SSSR count). The highest BCUT2D eigenvalue weighted by molar-refractivity contribution is 6.29. The topological polar surface area (TPSA) is 41.3 Å². The number of hydrogen-bond donors (Lipinski definition) is 1. The first-order valence-corrected chi connectivity index (χ1v) is 10.5. The van der Waals surface area contributed by atoms with Crippen LogP contribution in [0.1, 0.15) is 31.7 Å². The fraction of sp³-hybridized carbons (Fsp3) is 0.435. The minimum absolute atomic E-state index is 0.502. The molecule has 0 radical (unpaired) electrons. The molecule has 1 atom stereocenters. The molecule has 1 saturated heterocycles. The molecule has 1 aliphatic heterocycles. The van der Waals surface area contributed by atoms with Crippen LogP contribution in [0.15, 0.2) is 54.7 Å². The zero-order chi connectivity index (χ0) is 19.6. The van der Waals surface area contributed by atoms with Crippen LogP contribution in [0.2, 0.25) is 5.15 Å². The number of benzene rings is 1. The molecule has 4 nitrogen and oxygen atoms in total. The Morgan fingerprint density at radius 1 is 1.11 bits per heavy atom. The summed E-state index contributed by atoms with van der Waals surface area (Å²) in [6, 6.07) is 17.0. The molecule has 3 aromatic rings. The average molecular weight is 398 g/mol. The van der Waals surface area contributed by atoms with Crippen molar-refractivity contribution in [2.45, 2.75) is 50.8 Å². The SMILES string of the molecule is C[C@H](CCc1ccccc1)N1CCC(O)(Cn2ccc3nc(Cl)ccc32)CC1. The van der Waals surface area contributed by atoms with E-state index in [-0.39, 0.29) is 0 Å². The molecule has 5 heteroatoms. The van der Waals surface area contributed by atoms with Crippen molar-refractivity contribution < 1.29 is 5.11 Å². The van der Waals surface area contributed by atoms with Gasteiger partial charge in [0.05, 0.1) is 23.2 Å². The van der Waals surface area contributed by atoms with Gasteiger partial charge >= 0.3 is 0 Å².